The van der Waals surface area contributed by atoms with E-state index in [1.165, 1.54) is 93.1 Å². The molecule has 0 aromatic rings. The van der Waals surface area contributed by atoms with Crippen LogP contribution in [0.4, 0.5) is 0 Å². The highest BCUT2D eigenvalue weighted by Crippen LogP contribution is 2.23. The molecule has 0 aliphatic rings. The molecule has 126 valence electrons. The molecule has 0 aromatic carbocycles. The van der Waals surface area contributed by atoms with Crippen LogP contribution in [0.2, 0.25) is 0 Å². The third kappa shape index (κ3) is 13.4. The first-order valence-electron chi connectivity index (χ1n) is 8.40. The van der Waals surface area contributed by atoms with Crippen LogP contribution in [0, 0.1) is 0 Å². The smallest absolute Gasteiger partial charge is 0.319 e. The third-order valence-electron chi connectivity index (χ3n) is 3.58. The van der Waals surface area contributed by atoms with Gasteiger partial charge in [0.1, 0.15) is 4.75 Å². The molecule has 0 aliphatic carbocycles. The van der Waals surface area contributed by atoms with Crippen molar-refractivity contribution in [3.63, 3.8) is 0 Å². The van der Waals surface area contributed by atoms with Crippen molar-refractivity contribution >= 4 is 33.8 Å². The summed E-state index contributed by atoms with van der Waals surface area (Å²) in [6, 6.07) is 0. The predicted molar refractivity (Wildman–Crippen MR) is 101 cm³/mol. The van der Waals surface area contributed by atoms with E-state index in [0.29, 0.717) is 0 Å². The summed E-state index contributed by atoms with van der Waals surface area (Å²) in [6.45, 7) is 5.77. The molecule has 0 heterocycles. The van der Waals surface area contributed by atoms with Crippen LogP contribution < -0.4 is 0 Å². The summed E-state index contributed by atoms with van der Waals surface area (Å²) in [7, 11) is 0. The Morgan fingerprint density at radius 2 is 1.48 bits per heavy atom. The first kappa shape index (κ1) is 21.0. The molecule has 0 aliphatic heterocycles. The topological polar surface area (TPSA) is 37.3 Å². The second kappa shape index (κ2) is 13.7. The zero-order valence-corrected chi connectivity index (χ0v) is 15.8. The number of hydrogen-bond donors (Lipinski definition) is 2. The maximum Gasteiger partial charge on any atom is 0.319 e. The fraction of sp³-hybridized carbons (Fsp3) is 0.882. The van der Waals surface area contributed by atoms with Gasteiger partial charge in [0.25, 0.3) is 0 Å². The molecule has 4 heteroatoms. The summed E-state index contributed by atoms with van der Waals surface area (Å²) < 4.78 is 1.35. The molecule has 0 bridgehead atoms. The maximum atomic E-state index is 10.9. The summed E-state index contributed by atoms with van der Waals surface area (Å²) in [5.41, 5.74) is 0. The van der Waals surface area contributed by atoms with E-state index in [4.69, 9.17) is 5.11 Å². The Bertz CT molecular complexity index is 289. The summed E-state index contributed by atoms with van der Waals surface area (Å²) in [6.07, 6.45) is 13.7. The van der Waals surface area contributed by atoms with Crippen LogP contribution in [0.3, 0.4) is 0 Å². The average molecular weight is 335 g/mol. The molecule has 1 N–H and O–H groups in total. The van der Waals surface area contributed by atoms with E-state index in [1.54, 1.807) is 13.8 Å². The molecule has 21 heavy (non-hydrogen) atoms. The minimum Gasteiger partial charge on any atom is -0.480 e. The molecular weight excluding hydrogens is 300 g/mol. The van der Waals surface area contributed by atoms with Crippen LogP contribution in [0.15, 0.2) is 0 Å². The van der Waals surface area contributed by atoms with Gasteiger partial charge in [0.2, 0.25) is 0 Å². The van der Waals surface area contributed by atoms with Crippen LogP contribution in [-0.2, 0) is 4.79 Å². The molecule has 0 aromatic heterocycles. The molecule has 0 saturated carbocycles. The highest BCUT2D eigenvalue weighted by molar-refractivity contribution is 8.26. The standard InChI is InChI=1S/C17H34O2S2/c1-4-5-6-7-8-9-10-11-12-13-14-20-15-21-17(2,3)16(18)19/h15,20H,4-14H2,1-3H3,(H,18,19). The Morgan fingerprint density at radius 1 is 1.00 bits per heavy atom. The first-order chi connectivity index (χ1) is 10.0. The molecule has 0 saturated heterocycles. The molecule has 0 atom stereocenters. The lowest BCUT2D eigenvalue weighted by molar-refractivity contribution is -0.138. The molecule has 0 fully saturated rings. The van der Waals surface area contributed by atoms with Gasteiger partial charge in [-0.05, 0) is 30.7 Å². The van der Waals surface area contributed by atoms with Crippen molar-refractivity contribution in [3.8, 4) is 0 Å². The van der Waals surface area contributed by atoms with Gasteiger partial charge in [0, 0.05) is 0 Å². The van der Waals surface area contributed by atoms with Crippen molar-refractivity contribution in [2.24, 2.45) is 0 Å². The Kier molecular flexibility index (Phi) is 13.7. The zero-order chi connectivity index (χ0) is 16.0. The minimum absolute atomic E-state index is 0.690. The van der Waals surface area contributed by atoms with E-state index < -0.39 is 10.7 Å². The van der Waals surface area contributed by atoms with Crippen LogP contribution in [0.5, 0.6) is 0 Å². The molecule has 0 unspecified atom stereocenters. The SMILES string of the molecule is CCCCCCCCCCCC[SH]=CSC(C)(C)C(=O)O. The summed E-state index contributed by atoms with van der Waals surface area (Å²) in [5, 5.41) is 8.99. The van der Waals surface area contributed by atoms with Crippen molar-refractivity contribution in [3.05, 3.63) is 0 Å². The van der Waals surface area contributed by atoms with Crippen molar-refractivity contribution in [2.75, 3.05) is 5.75 Å². The van der Waals surface area contributed by atoms with Crippen LogP contribution in [0.1, 0.15) is 85.0 Å². The monoisotopic (exact) mass is 334 g/mol. The van der Waals surface area contributed by atoms with Gasteiger partial charge in [-0.1, -0.05) is 64.7 Å². The number of carbonyl (C=O) groups is 1. The first-order valence-corrected chi connectivity index (χ1v) is 10.4. The molecule has 0 rings (SSSR count). The number of hydrogen-bond acceptors (Lipinski definition) is 2. The van der Waals surface area contributed by atoms with Gasteiger partial charge in [0.15, 0.2) is 0 Å². The number of carboxylic acid groups (broad SMARTS) is 1. The molecule has 0 radical (unpaired) electrons. The van der Waals surface area contributed by atoms with Crippen LogP contribution in [-0.4, -0.2) is 26.3 Å². The van der Waals surface area contributed by atoms with Gasteiger partial charge in [-0.25, -0.2) is 0 Å². The van der Waals surface area contributed by atoms with E-state index in [-0.39, 0.29) is 0 Å². The van der Waals surface area contributed by atoms with Gasteiger partial charge in [0.05, 0.1) is 0 Å². The number of rotatable bonds is 14. The third-order valence-corrected chi connectivity index (χ3v) is 5.93. The van der Waals surface area contributed by atoms with Gasteiger partial charge in [-0.2, -0.15) is 11.4 Å². The largest absolute Gasteiger partial charge is 0.480 e. The van der Waals surface area contributed by atoms with Gasteiger partial charge < -0.3 is 5.11 Å². The predicted octanol–water partition coefficient (Wildman–Crippen LogP) is 5.73. The fourth-order valence-electron chi connectivity index (χ4n) is 1.96. The number of thioether (sulfide) groups is 1. The van der Waals surface area contributed by atoms with Crippen LogP contribution >= 0.6 is 23.1 Å². The van der Waals surface area contributed by atoms with E-state index in [9.17, 15) is 4.79 Å². The van der Waals surface area contributed by atoms with Crippen molar-refractivity contribution in [2.45, 2.75) is 89.7 Å². The van der Waals surface area contributed by atoms with Gasteiger partial charge in [-0.15, -0.1) is 11.8 Å². The van der Waals surface area contributed by atoms with Crippen molar-refractivity contribution in [1.29, 1.82) is 0 Å². The lowest BCUT2D eigenvalue weighted by Crippen LogP contribution is -2.26. The average Bonchev–Trinajstić information content (AvgIpc) is 2.43. The number of aliphatic carboxylic acids is 1. The summed E-state index contributed by atoms with van der Waals surface area (Å²) in [5.74, 6) is 0.428. The maximum absolute atomic E-state index is 10.9. The summed E-state index contributed by atoms with van der Waals surface area (Å²) >= 11 is 2.70. The van der Waals surface area contributed by atoms with Crippen molar-refractivity contribution < 1.29 is 9.90 Å². The van der Waals surface area contributed by atoms with Crippen molar-refractivity contribution in [1.82, 2.24) is 0 Å². The highest BCUT2D eigenvalue weighted by atomic mass is 32.2. The highest BCUT2D eigenvalue weighted by Gasteiger charge is 2.26. The normalized spacial score (nSPS) is 12.5. The molecule has 0 amide bonds. The lowest BCUT2D eigenvalue weighted by atomic mass is 10.1. The molecule has 2 nitrogen and oxygen atoms in total. The molecular formula is C17H34O2S2. The minimum atomic E-state index is -0.738. The Balaban J connectivity index is 3.31. The second-order valence-corrected chi connectivity index (χ2v) is 9.04. The van der Waals surface area contributed by atoms with E-state index in [0.717, 1.165) is 0 Å². The lowest BCUT2D eigenvalue weighted by Gasteiger charge is -2.15. The second-order valence-electron chi connectivity index (χ2n) is 6.13. The van der Waals surface area contributed by atoms with E-state index >= 15 is 0 Å². The molecule has 0 spiro atoms. The fourth-order valence-corrected chi connectivity index (χ4v) is 4.24. The van der Waals surface area contributed by atoms with Gasteiger partial charge >= 0.3 is 5.97 Å². The summed E-state index contributed by atoms with van der Waals surface area (Å²) in [4.78, 5) is 10.9. The van der Waals surface area contributed by atoms with E-state index in [2.05, 4.69) is 6.92 Å². The number of thiol groups is 1. The number of carboxylic acids is 1. The Hall–Kier alpha value is 0.0400. The number of unbranched alkanes of at least 4 members (excludes halogenated alkanes) is 9. The van der Waals surface area contributed by atoms with E-state index in [1.807, 2.05) is 4.70 Å². The Morgan fingerprint density at radius 3 is 1.95 bits per heavy atom. The quantitative estimate of drug-likeness (QED) is 0.242. The van der Waals surface area contributed by atoms with Gasteiger partial charge in [-0.3, -0.25) is 4.79 Å². The zero-order valence-electron chi connectivity index (χ0n) is 14.1. The van der Waals surface area contributed by atoms with Crippen LogP contribution in [0.25, 0.3) is 0 Å². The Labute approximate surface area is 139 Å².